The van der Waals surface area contributed by atoms with Gasteiger partial charge in [-0.25, -0.2) is 0 Å². The molecule has 1 N–H and O–H groups in total. The van der Waals surface area contributed by atoms with Gasteiger partial charge in [-0.3, -0.25) is 14.4 Å². The predicted molar refractivity (Wildman–Crippen MR) is 148 cm³/mol. The van der Waals surface area contributed by atoms with Gasteiger partial charge in [-0.15, -0.1) is 0 Å². The van der Waals surface area contributed by atoms with E-state index >= 15 is 0 Å². The molecule has 0 fully saturated rings. The number of ether oxygens (including phenoxy) is 1. The van der Waals surface area contributed by atoms with Crippen molar-refractivity contribution in [3.63, 3.8) is 0 Å². The zero-order chi connectivity index (χ0) is 27.9. The molecule has 0 aromatic rings. The van der Waals surface area contributed by atoms with Gasteiger partial charge in [-0.1, -0.05) is 44.9 Å². The number of aliphatic carboxylic acids is 1. The minimum absolute atomic E-state index is 0.158. The number of carbonyl (C=O) groups excluding carboxylic acids is 3. The van der Waals surface area contributed by atoms with Crippen LogP contribution in [0, 0.1) is 5.92 Å². The summed E-state index contributed by atoms with van der Waals surface area (Å²) in [6.07, 6.45) is 15.8. The van der Waals surface area contributed by atoms with E-state index in [4.69, 9.17) is 9.84 Å². The van der Waals surface area contributed by atoms with E-state index in [1.165, 1.54) is 32.1 Å². The van der Waals surface area contributed by atoms with Crippen LogP contribution in [-0.4, -0.2) is 66.9 Å². The van der Waals surface area contributed by atoms with Crippen LogP contribution in [0.4, 0.5) is 0 Å². The molecule has 0 amide bonds. The van der Waals surface area contributed by atoms with Crippen LogP contribution >= 0.6 is 0 Å². The topological polar surface area (TPSA) is 97.7 Å². The highest BCUT2D eigenvalue weighted by Gasteiger charge is 2.22. The molecule has 0 aromatic carbocycles. The van der Waals surface area contributed by atoms with Crippen molar-refractivity contribution in [2.75, 3.05) is 33.8 Å². The lowest BCUT2D eigenvalue weighted by molar-refractivity contribution is -0.890. The molecule has 0 saturated heterocycles. The Balaban J connectivity index is 3.87. The van der Waals surface area contributed by atoms with Gasteiger partial charge in [0.25, 0.3) is 0 Å². The normalized spacial score (nSPS) is 12.3. The number of carboxylic acids is 1. The third-order valence-electron chi connectivity index (χ3n) is 7.05. The van der Waals surface area contributed by atoms with Crippen molar-refractivity contribution >= 4 is 23.5 Å². The van der Waals surface area contributed by atoms with Crippen LogP contribution in [0.5, 0.6) is 0 Å². The molecular formula is C30H56NO6+. The smallest absolute Gasteiger partial charge is 0.309 e. The number of Topliss-reactive ketones (excluding diaryl/α,β-unsaturated/α-hetero) is 2. The second-order valence-corrected chi connectivity index (χ2v) is 11.3. The van der Waals surface area contributed by atoms with Crippen molar-refractivity contribution in [3.8, 4) is 0 Å². The maximum Gasteiger partial charge on any atom is 0.309 e. The minimum atomic E-state index is -0.704. The molecule has 0 rings (SSSR count). The Morgan fingerprint density at radius 3 is 1.76 bits per heavy atom. The van der Waals surface area contributed by atoms with Gasteiger partial charge in [0.1, 0.15) is 11.6 Å². The van der Waals surface area contributed by atoms with Crippen LogP contribution in [0.2, 0.25) is 0 Å². The summed E-state index contributed by atoms with van der Waals surface area (Å²) >= 11 is 0. The second-order valence-electron chi connectivity index (χ2n) is 11.3. The summed E-state index contributed by atoms with van der Waals surface area (Å²) in [5, 5.41) is 8.73. The highest BCUT2D eigenvalue weighted by atomic mass is 16.5. The molecule has 0 spiro atoms. The Kier molecular flexibility index (Phi) is 21.2. The Labute approximate surface area is 226 Å². The van der Waals surface area contributed by atoms with E-state index in [0.717, 1.165) is 68.9 Å². The first-order valence-electron chi connectivity index (χ1n) is 14.8. The van der Waals surface area contributed by atoms with Crippen LogP contribution in [-0.2, 0) is 23.9 Å². The SMILES string of the molecule is CCOC(=O)C(CCCCCC(C)=O)CC(=O)CCCCCCCCCC[N+](C)(C)CCCCC(=O)O. The van der Waals surface area contributed by atoms with Crippen LogP contribution in [0.1, 0.15) is 129 Å². The molecule has 0 heterocycles. The Morgan fingerprint density at radius 2 is 1.19 bits per heavy atom. The van der Waals surface area contributed by atoms with Crippen LogP contribution in [0.25, 0.3) is 0 Å². The third kappa shape index (κ3) is 23.1. The van der Waals surface area contributed by atoms with Crippen LogP contribution < -0.4 is 0 Å². The van der Waals surface area contributed by atoms with Gasteiger partial charge in [0.05, 0.1) is 39.7 Å². The number of unbranched alkanes of at least 4 members (excludes halogenated alkanes) is 10. The van der Waals surface area contributed by atoms with Crippen LogP contribution in [0.15, 0.2) is 0 Å². The van der Waals surface area contributed by atoms with Gasteiger partial charge in [0, 0.05) is 25.7 Å². The number of hydrogen-bond acceptors (Lipinski definition) is 5. The molecule has 216 valence electrons. The Hall–Kier alpha value is -1.76. The second kappa shape index (κ2) is 22.2. The summed E-state index contributed by atoms with van der Waals surface area (Å²) in [6.45, 7) is 5.89. The van der Waals surface area contributed by atoms with E-state index in [-0.39, 0.29) is 36.3 Å². The van der Waals surface area contributed by atoms with Gasteiger partial charge < -0.3 is 19.1 Å². The zero-order valence-corrected chi connectivity index (χ0v) is 24.4. The minimum Gasteiger partial charge on any atom is -0.481 e. The van der Waals surface area contributed by atoms with E-state index in [1.54, 1.807) is 13.8 Å². The molecule has 0 aliphatic heterocycles. The predicted octanol–water partition coefficient (Wildman–Crippen LogP) is 6.51. The fourth-order valence-corrected chi connectivity index (χ4v) is 4.73. The highest BCUT2D eigenvalue weighted by molar-refractivity contribution is 5.84. The van der Waals surface area contributed by atoms with Gasteiger partial charge in [-0.2, -0.15) is 0 Å². The largest absolute Gasteiger partial charge is 0.481 e. The molecule has 0 saturated carbocycles. The molecule has 0 aliphatic carbocycles. The molecule has 1 unspecified atom stereocenters. The molecule has 1 atom stereocenters. The average Bonchev–Trinajstić information content (AvgIpc) is 2.81. The first kappa shape index (κ1) is 35.2. The van der Waals surface area contributed by atoms with Crippen LogP contribution in [0.3, 0.4) is 0 Å². The Bertz CT molecular complexity index is 646. The molecular weight excluding hydrogens is 470 g/mol. The lowest BCUT2D eigenvalue weighted by Crippen LogP contribution is -2.41. The summed E-state index contributed by atoms with van der Waals surface area (Å²) in [5.74, 6) is -0.964. The van der Waals surface area contributed by atoms with Gasteiger partial charge in [-0.05, 0) is 58.8 Å². The van der Waals surface area contributed by atoms with Crippen molar-refractivity contribution in [1.82, 2.24) is 0 Å². The zero-order valence-electron chi connectivity index (χ0n) is 24.4. The van der Waals surface area contributed by atoms with E-state index in [9.17, 15) is 19.2 Å². The maximum atomic E-state index is 12.5. The lowest BCUT2D eigenvalue weighted by atomic mass is 9.93. The number of ketones is 2. The lowest BCUT2D eigenvalue weighted by Gasteiger charge is -2.29. The van der Waals surface area contributed by atoms with E-state index in [2.05, 4.69) is 14.1 Å². The number of hydrogen-bond donors (Lipinski definition) is 1. The number of carboxylic acid groups (broad SMARTS) is 1. The fraction of sp³-hybridized carbons (Fsp3) is 0.867. The standard InChI is InChI=1S/C30H55NO6/c1-5-37-30(36)27(20-14-12-13-19-26(2)32)25-28(33)21-15-10-8-6-7-9-11-17-23-31(3,4)24-18-16-22-29(34)35/h27H,5-25H2,1-4H3/p+1. The average molecular weight is 527 g/mol. The van der Waals surface area contributed by atoms with E-state index in [1.807, 2.05) is 0 Å². The van der Waals surface area contributed by atoms with E-state index in [0.29, 0.717) is 25.9 Å². The van der Waals surface area contributed by atoms with Gasteiger partial charge in [0.2, 0.25) is 0 Å². The summed E-state index contributed by atoms with van der Waals surface area (Å²) in [4.78, 5) is 46.4. The van der Waals surface area contributed by atoms with Crippen molar-refractivity contribution in [3.05, 3.63) is 0 Å². The monoisotopic (exact) mass is 526 g/mol. The van der Waals surface area contributed by atoms with E-state index < -0.39 is 5.97 Å². The molecule has 0 aliphatic rings. The summed E-state index contributed by atoms with van der Waals surface area (Å²) in [7, 11) is 4.46. The summed E-state index contributed by atoms with van der Waals surface area (Å²) in [6, 6.07) is 0. The number of esters is 1. The number of carbonyl (C=O) groups is 4. The summed E-state index contributed by atoms with van der Waals surface area (Å²) in [5.41, 5.74) is 0. The maximum absolute atomic E-state index is 12.5. The van der Waals surface area contributed by atoms with Crippen molar-refractivity contribution in [2.45, 2.75) is 129 Å². The first-order valence-corrected chi connectivity index (χ1v) is 14.8. The number of quaternary nitrogens is 1. The molecule has 7 heteroatoms. The van der Waals surface area contributed by atoms with Crippen molar-refractivity contribution < 1.29 is 33.5 Å². The van der Waals surface area contributed by atoms with Gasteiger partial charge in [0.15, 0.2) is 0 Å². The molecule has 0 aromatic heterocycles. The highest BCUT2D eigenvalue weighted by Crippen LogP contribution is 2.19. The number of rotatable bonds is 26. The quantitative estimate of drug-likeness (QED) is 0.0784. The fourth-order valence-electron chi connectivity index (χ4n) is 4.73. The Morgan fingerprint density at radius 1 is 0.703 bits per heavy atom. The van der Waals surface area contributed by atoms with Crippen molar-refractivity contribution in [1.29, 1.82) is 0 Å². The number of nitrogens with zero attached hydrogens (tertiary/aromatic N) is 1. The van der Waals surface area contributed by atoms with Crippen molar-refractivity contribution in [2.24, 2.45) is 5.92 Å². The van der Waals surface area contributed by atoms with Gasteiger partial charge >= 0.3 is 11.9 Å². The third-order valence-corrected chi connectivity index (χ3v) is 7.05. The molecule has 37 heavy (non-hydrogen) atoms. The molecule has 0 radical (unpaired) electrons. The summed E-state index contributed by atoms with van der Waals surface area (Å²) < 4.78 is 6.14. The first-order chi connectivity index (χ1) is 17.6. The molecule has 7 nitrogen and oxygen atoms in total. The molecule has 0 bridgehead atoms.